The molecule has 2 unspecified atom stereocenters. The number of hydrogen-bond donors (Lipinski definition) is 1. The fraction of sp³-hybridized carbons (Fsp3) is 0.571. The molecule has 0 fully saturated rings. The lowest BCUT2D eigenvalue weighted by Gasteiger charge is -2.28. The molecule has 0 bridgehead atoms. The monoisotopic (exact) mass is 219 g/mol. The molecule has 1 N–H and O–H groups in total. The van der Waals surface area contributed by atoms with Crippen LogP contribution in [0.2, 0.25) is 0 Å². The van der Waals surface area contributed by atoms with Crippen LogP contribution in [0.15, 0.2) is 24.3 Å². The van der Waals surface area contributed by atoms with E-state index >= 15 is 0 Å². The Morgan fingerprint density at radius 3 is 3.06 bits per heavy atom. The zero-order chi connectivity index (χ0) is 11.4. The Kier molecular flexibility index (Phi) is 3.97. The van der Waals surface area contributed by atoms with E-state index in [1.165, 1.54) is 11.1 Å². The van der Waals surface area contributed by atoms with Crippen LogP contribution in [0.3, 0.4) is 0 Å². The van der Waals surface area contributed by atoms with E-state index in [1.54, 1.807) is 0 Å². The fourth-order valence-corrected chi connectivity index (χ4v) is 2.42. The number of nitrogens with one attached hydrogen (secondary N) is 1. The quantitative estimate of drug-likeness (QED) is 0.840. The Morgan fingerprint density at radius 1 is 1.44 bits per heavy atom. The molecule has 1 aromatic carbocycles. The lowest BCUT2D eigenvalue weighted by molar-refractivity contribution is 0.0309. The molecule has 1 aromatic rings. The Hall–Kier alpha value is -0.860. The molecular weight excluding hydrogens is 198 g/mol. The smallest absolute Gasteiger partial charge is 0.0842 e. The number of fused-ring (bicyclic) bond motifs is 1. The van der Waals surface area contributed by atoms with Gasteiger partial charge in [-0.15, -0.1) is 0 Å². The summed E-state index contributed by atoms with van der Waals surface area (Å²) in [6.07, 6.45) is 2.40. The molecule has 0 aromatic heterocycles. The topological polar surface area (TPSA) is 21.3 Å². The standard InChI is InChI=1S/C14H21NO/c1-3-15-11(2)10-14-13-7-5-4-6-12(13)8-9-16-14/h4-7,11,14-15H,3,8-10H2,1-2H3. The zero-order valence-corrected chi connectivity index (χ0v) is 10.2. The predicted molar refractivity (Wildman–Crippen MR) is 66.6 cm³/mol. The van der Waals surface area contributed by atoms with E-state index in [9.17, 15) is 0 Å². The van der Waals surface area contributed by atoms with Crippen LogP contribution in [0.5, 0.6) is 0 Å². The summed E-state index contributed by atoms with van der Waals surface area (Å²) in [7, 11) is 0. The van der Waals surface area contributed by atoms with Gasteiger partial charge in [0.15, 0.2) is 0 Å². The van der Waals surface area contributed by atoms with Crippen LogP contribution >= 0.6 is 0 Å². The third kappa shape index (κ3) is 2.63. The van der Waals surface area contributed by atoms with Crippen molar-refractivity contribution in [2.45, 2.75) is 38.8 Å². The predicted octanol–water partition coefficient (Wildman–Crippen LogP) is 2.69. The van der Waals surface area contributed by atoms with Crippen molar-refractivity contribution in [1.29, 1.82) is 0 Å². The van der Waals surface area contributed by atoms with Crippen molar-refractivity contribution in [2.24, 2.45) is 0 Å². The van der Waals surface area contributed by atoms with Crippen molar-refractivity contribution in [2.75, 3.05) is 13.2 Å². The first-order valence-electron chi connectivity index (χ1n) is 6.24. The maximum absolute atomic E-state index is 5.88. The molecule has 2 atom stereocenters. The number of rotatable bonds is 4. The minimum absolute atomic E-state index is 0.277. The van der Waals surface area contributed by atoms with Gasteiger partial charge in [-0.25, -0.2) is 0 Å². The van der Waals surface area contributed by atoms with Gasteiger partial charge in [0.25, 0.3) is 0 Å². The normalized spacial score (nSPS) is 21.5. The molecule has 16 heavy (non-hydrogen) atoms. The summed E-state index contributed by atoms with van der Waals surface area (Å²) in [5.41, 5.74) is 2.85. The van der Waals surface area contributed by atoms with Gasteiger partial charge in [-0.05, 0) is 37.4 Å². The molecule has 2 rings (SSSR count). The van der Waals surface area contributed by atoms with E-state index in [4.69, 9.17) is 4.74 Å². The molecule has 1 aliphatic heterocycles. The molecular formula is C14H21NO. The molecule has 2 heteroatoms. The van der Waals surface area contributed by atoms with Crippen molar-refractivity contribution in [3.05, 3.63) is 35.4 Å². The minimum atomic E-state index is 0.277. The van der Waals surface area contributed by atoms with E-state index < -0.39 is 0 Å². The highest BCUT2D eigenvalue weighted by atomic mass is 16.5. The van der Waals surface area contributed by atoms with Crippen LogP contribution in [-0.2, 0) is 11.2 Å². The van der Waals surface area contributed by atoms with Gasteiger partial charge in [0.05, 0.1) is 12.7 Å². The third-order valence-electron chi connectivity index (χ3n) is 3.21. The van der Waals surface area contributed by atoms with Gasteiger partial charge in [0.2, 0.25) is 0 Å². The Bertz CT molecular complexity index is 337. The Morgan fingerprint density at radius 2 is 2.25 bits per heavy atom. The molecule has 0 spiro atoms. The van der Waals surface area contributed by atoms with Crippen molar-refractivity contribution in [3.8, 4) is 0 Å². The number of ether oxygens (including phenoxy) is 1. The highest BCUT2D eigenvalue weighted by Gasteiger charge is 2.21. The fourth-order valence-electron chi connectivity index (χ4n) is 2.42. The zero-order valence-electron chi connectivity index (χ0n) is 10.2. The lowest BCUT2D eigenvalue weighted by Crippen LogP contribution is -2.29. The van der Waals surface area contributed by atoms with Crippen molar-refractivity contribution >= 4 is 0 Å². The van der Waals surface area contributed by atoms with Crippen LogP contribution < -0.4 is 5.32 Å². The highest BCUT2D eigenvalue weighted by Crippen LogP contribution is 2.30. The molecule has 0 saturated carbocycles. The van der Waals surface area contributed by atoms with Gasteiger partial charge in [-0.3, -0.25) is 0 Å². The van der Waals surface area contributed by atoms with Crippen LogP contribution in [0.25, 0.3) is 0 Å². The first-order valence-corrected chi connectivity index (χ1v) is 6.24. The van der Waals surface area contributed by atoms with Crippen LogP contribution in [0.1, 0.15) is 37.5 Å². The summed E-state index contributed by atoms with van der Waals surface area (Å²) in [5.74, 6) is 0. The van der Waals surface area contributed by atoms with Gasteiger partial charge in [-0.2, -0.15) is 0 Å². The van der Waals surface area contributed by atoms with Crippen LogP contribution in [-0.4, -0.2) is 19.2 Å². The maximum Gasteiger partial charge on any atom is 0.0842 e. The third-order valence-corrected chi connectivity index (χ3v) is 3.21. The minimum Gasteiger partial charge on any atom is -0.373 e. The van der Waals surface area contributed by atoms with E-state index in [-0.39, 0.29) is 6.10 Å². The van der Waals surface area contributed by atoms with Crippen LogP contribution in [0.4, 0.5) is 0 Å². The van der Waals surface area contributed by atoms with Crippen molar-refractivity contribution in [3.63, 3.8) is 0 Å². The number of benzene rings is 1. The summed E-state index contributed by atoms with van der Waals surface area (Å²) < 4.78 is 5.88. The Balaban J connectivity index is 2.07. The number of hydrogen-bond acceptors (Lipinski definition) is 2. The van der Waals surface area contributed by atoms with Gasteiger partial charge in [0.1, 0.15) is 0 Å². The van der Waals surface area contributed by atoms with Crippen molar-refractivity contribution in [1.82, 2.24) is 5.32 Å². The van der Waals surface area contributed by atoms with E-state index in [2.05, 4.69) is 43.4 Å². The second-order valence-corrected chi connectivity index (χ2v) is 4.50. The van der Waals surface area contributed by atoms with Crippen LogP contribution in [0, 0.1) is 0 Å². The van der Waals surface area contributed by atoms with Gasteiger partial charge in [-0.1, -0.05) is 31.2 Å². The first kappa shape index (κ1) is 11.6. The largest absolute Gasteiger partial charge is 0.373 e. The molecule has 2 nitrogen and oxygen atoms in total. The summed E-state index contributed by atoms with van der Waals surface area (Å²) in [4.78, 5) is 0. The molecule has 88 valence electrons. The Labute approximate surface area is 98.0 Å². The van der Waals surface area contributed by atoms with Crippen molar-refractivity contribution < 1.29 is 4.74 Å². The average Bonchev–Trinajstić information content (AvgIpc) is 2.30. The molecule has 0 aliphatic carbocycles. The maximum atomic E-state index is 5.88. The van der Waals surface area contributed by atoms with Gasteiger partial charge < -0.3 is 10.1 Å². The van der Waals surface area contributed by atoms with Gasteiger partial charge >= 0.3 is 0 Å². The van der Waals surface area contributed by atoms with E-state index in [0.717, 1.165) is 26.0 Å². The second kappa shape index (κ2) is 5.46. The molecule has 1 aliphatic rings. The molecule has 1 heterocycles. The van der Waals surface area contributed by atoms with Gasteiger partial charge in [0, 0.05) is 6.04 Å². The summed E-state index contributed by atoms with van der Waals surface area (Å²) >= 11 is 0. The first-order chi connectivity index (χ1) is 7.81. The van der Waals surface area contributed by atoms with E-state index in [0.29, 0.717) is 6.04 Å². The summed E-state index contributed by atoms with van der Waals surface area (Å²) in [6, 6.07) is 9.18. The summed E-state index contributed by atoms with van der Waals surface area (Å²) in [5, 5.41) is 3.44. The second-order valence-electron chi connectivity index (χ2n) is 4.50. The van der Waals surface area contributed by atoms with E-state index in [1.807, 2.05) is 0 Å². The molecule has 0 radical (unpaired) electrons. The lowest BCUT2D eigenvalue weighted by atomic mass is 9.94. The SMILES string of the molecule is CCNC(C)CC1OCCc2ccccc21. The molecule has 0 saturated heterocycles. The summed E-state index contributed by atoms with van der Waals surface area (Å²) in [6.45, 7) is 6.26. The highest BCUT2D eigenvalue weighted by molar-refractivity contribution is 5.30. The molecule has 0 amide bonds. The average molecular weight is 219 g/mol.